The number of carbonyl (C=O) groups excluding carboxylic acids is 1. The summed E-state index contributed by atoms with van der Waals surface area (Å²) >= 11 is 4.50. The number of ketones is 1. The van der Waals surface area contributed by atoms with E-state index in [0.717, 1.165) is 23.2 Å². The second-order valence-corrected chi connectivity index (χ2v) is 7.53. The predicted octanol–water partition coefficient (Wildman–Crippen LogP) is 4.82. The van der Waals surface area contributed by atoms with E-state index in [0.29, 0.717) is 17.4 Å². The summed E-state index contributed by atoms with van der Waals surface area (Å²) in [5.74, 6) is 0.989. The van der Waals surface area contributed by atoms with Gasteiger partial charge in [0.2, 0.25) is 0 Å². The van der Waals surface area contributed by atoms with Crippen LogP contribution in [0, 0.1) is 5.92 Å². The fourth-order valence-electron chi connectivity index (χ4n) is 3.16. The minimum atomic E-state index is -0.597. The number of thiol groups is 1. The molecule has 0 amide bonds. The second-order valence-electron chi connectivity index (χ2n) is 7.08. The highest BCUT2D eigenvalue weighted by Gasteiger charge is 2.26. The molecule has 2 atom stereocenters. The lowest BCUT2D eigenvalue weighted by atomic mass is 9.91. The summed E-state index contributed by atoms with van der Waals surface area (Å²) in [5, 5.41) is 3.34. The molecular formula is C24H26N2O2S. The van der Waals surface area contributed by atoms with Gasteiger partial charge in [0.1, 0.15) is 11.8 Å². The van der Waals surface area contributed by atoms with E-state index >= 15 is 0 Å². The van der Waals surface area contributed by atoms with Crippen LogP contribution in [-0.4, -0.2) is 18.9 Å². The number of benzene rings is 2. The Kier molecular flexibility index (Phi) is 6.83. The third-order valence-corrected chi connectivity index (χ3v) is 5.35. The number of ether oxygens (including phenoxy) is 1. The van der Waals surface area contributed by atoms with Crippen LogP contribution in [-0.2, 0) is 4.79 Å². The zero-order valence-electron chi connectivity index (χ0n) is 16.6. The molecule has 0 aliphatic heterocycles. The van der Waals surface area contributed by atoms with Crippen molar-refractivity contribution < 1.29 is 9.53 Å². The summed E-state index contributed by atoms with van der Waals surface area (Å²) in [7, 11) is 1.62. The average molecular weight is 407 g/mol. The van der Waals surface area contributed by atoms with Crippen molar-refractivity contribution in [1.29, 1.82) is 0 Å². The molecule has 0 spiro atoms. The third-order valence-electron chi connectivity index (χ3n) is 4.89. The number of carbonyl (C=O) groups is 1. The standard InChI is InChI=1S/C24H26N2O2S/c1-16-11-13-18(14-12-16)22(26-19-9-6-10-20(15-19)28-2)23(27)24(29)21(25)17-7-4-3-5-8-17/h3-11,13-16,22,26,29H,12,25H2,1-2H3/b24-21-. The number of Topliss-reactive ketones (excluding diaryl/α,β-unsaturated/α-hetero) is 1. The van der Waals surface area contributed by atoms with Gasteiger partial charge >= 0.3 is 0 Å². The lowest BCUT2D eigenvalue weighted by molar-refractivity contribution is -0.114. The van der Waals surface area contributed by atoms with Crippen LogP contribution in [0.5, 0.6) is 5.75 Å². The first-order valence-corrected chi connectivity index (χ1v) is 10.0. The summed E-state index contributed by atoms with van der Waals surface area (Å²) in [6, 6.07) is 16.3. The molecule has 0 bridgehead atoms. The molecule has 0 saturated carbocycles. The van der Waals surface area contributed by atoms with E-state index in [9.17, 15) is 4.79 Å². The molecule has 0 radical (unpaired) electrons. The van der Waals surface area contributed by atoms with E-state index in [1.54, 1.807) is 7.11 Å². The number of methoxy groups -OCH3 is 1. The molecule has 0 heterocycles. The van der Waals surface area contributed by atoms with Crippen LogP contribution in [0.4, 0.5) is 5.69 Å². The molecule has 0 saturated heterocycles. The Hall–Kier alpha value is -2.92. The molecule has 5 heteroatoms. The Bertz CT molecular complexity index is 964. The highest BCUT2D eigenvalue weighted by molar-refractivity contribution is 7.86. The Morgan fingerprint density at radius 3 is 2.62 bits per heavy atom. The Balaban J connectivity index is 1.96. The van der Waals surface area contributed by atoms with Gasteiger partial charge in [0.25, 0.3) is 0 Å². The van der Waals surface area contributed by atoms with Gasteiger partial charge in [0, 0.05) is 11.8 Å². The van der Waals surface area contributed by atoms with Gasteiger partial charge in [-0.1, -0.05) is 61.5 Å². The highest BCUT2D eigenvalue weighted by Crippen LogP contribution is 2.27. The molecule has 2 aromatic rings. The molecule has 0 aromatic heterocycles. The highest BCUT2D eigenvalue weighted by atomic mass is 32.1. The van der Waals surface area contributed by atoms with Gasteiger partial charge in [0.15, 0.2) is 5.78 Å². The first-order chi connectivity index (χ1) is 14.0. The molecular weight excluding hydrogens is 380 g/mol. The van der Waals surface area contributed by atoms with Crippen LogP contribution < -0.4 is 15.8 Å². The SMILES string of the molecule is COc1cccc(NC(C(=O)/C(S)=C(/N)c2ccccc2)C2=CCC(C)C=C2)c1. The van der Waals surface area contributed by atoms with Crippen molar-refractivity contribution in [2.45, 2.75) is 19.4 Å². The van der Waals surface area contributed by atoms with Crippen LogP contribution in [0.1, 0.15) is 18.9 Å². The van der Waals surface area contributed by atoms with E-state index in [1.165, 1.54) is 0 Å². The van der Waals surface area contributed by atoms with Crippen molar-refractivity contribution in [3.8, 4) is 5.75 Å². The first kappa shape index (κ1) is 20.8. The van der Waals surface area contributed by atoms with Crippen LogP contribution in [0.25, 0.3) is 5.70 Å². The summed E-state index contributed by atoms with van der Waals surface area (Å²) in [6.07, 6.45) is 7.10. The maximum absolute atomic E-state index is 13.4. The first-order valence-electron chi connectivity index (χ1n) is 9.56. The van der Waals surface area contributed by atoms with E-state index in [4.69, 9.17) is 10.5 Å². The number of anilines is 1. The smallest absolute Gasteiger partial charge is 0.197 e. The van der Waals surface area contributed by atoms with E-state index in [2.05, 4.69) is 37.0 Å². The average Bonchev–Trinajstić information content (AvgIpc) is 2.77. The lowest BCUT2D eigenvalue weighted by Crippen LogP contribution is -2.33. The molecule has 3 N–H and O–H groups in total. The molecule has 2 unspecified atom stereocenters. The Morgan fingerprint density at radius 2 is 1.97 bits per heavy atom. The molecule has 1 aliphatic carbocycles. The van der Waals surface area contributed by atoms with Gasteiger partial charge < -0.3 is 15.8 Å². The topological polar surface area (TPSA) is 64.3 Å². The summed E-state index contributed by atoms with van der Waals surface area (Å²) in [6.45, 7) is 2.15. The van der Waals surface area contributed by atoms with Crippen LogP contribution in [0.3, 0.4) is 0 Å². The number of hydrogen-bond donors (Lipinski definition) is 3. The number of nitrogens with one attached hydrogen (secondary N) is 1. The molecule has 2 aromatic carbocycles. The summed E-state index contributed by atoms with van der Waals surface area (Å²) in [5.41, 5.74) is 9.09. The van der Waals surface area contributed by atoms with Gasteiger partial charge in [-0.05, 0) is 35.6 Å². The van der Waals surface area contributed by atoms with E-state index in [-0.39, 0.29) is 10.7 Å². The fraction of sp³-hybridized carbons (Fsp3) is 0.208. The quantitative estimate of drug-likeness (QED) is 0.455. The van der Waals surface area contributed by atoms with Gasteiger partial charge in [-0.2, -0.15) is 0 Å². The summed E-state index contributed by atoms with van der Waals surface area (Å²) in [4.78, 5) is 13.7. The molecule has 4 nitrogen and oxygen atoms in total. The normalized spacial score (nSPS) is 17.8. The zero-order chi connectivity index (χ0) is 20.8. The maximum atomic E-state index is 13.4. The van der Waals surface area contributed by atoms with Crippen molar-refractivity contribution >= 4 is 29.8 Å². The minimum absolute atomic E-state index is 0.178. The number of rotatable bonds is 7. The predicted molar refractivity (Wildman–Crippen MR) is 123 cm³/mol. The lowest BCUT2D eigenvalue weighted by Gasteiger charge is -2.24. The summed E-state index contributed by atoms with van der Waals surface area (Å²) < 4.78 is 5.30. The number of hydrogen-bond acceptors (Lipinski definition) is 5. The maximum Gasteiger partial charge on any atom is 0.197 e. The third kappa shape index (κ3) is 5.12. The Labute approximate surface area is 177 Å². The zero-order valence-corrected chi connectivity index (χ0v) is 17.5. The van der Waals surface area contributed by atoms with E-state index < -0.39 is 6.04 Å². The fourth-order valence-corrected chi connectivity index (χ4v) is 3.42. The van der Waals surface area contributed by atoms with Crippen LogP contribution >= 0.6 is 12.6 Å². The molecule has 0 fully saturated rings. The van der Waals surface area contributed by atoms with Crippen molar-refractivity contribution in [1.82, 2.24) is 0 Å². The van der Waals surface area contributed by atoms with Crippen molar-refractivity contribution in [2.24, 2.45) is 11.7 Å². The van der Waals surface area contributed by atoms with Crippen molar-refractivity contribution in [3.05, 3.63) is 88.9 Å². The number of allylic oxidation sites excluding steroid dienone is 2. The Morgan fingerprint density at radius 1 is 1.21 bits per heavy atom. The second kappa shape index (κ2) is 9.52. The van der Waals surface area contributed by atoms with Crippen LogP contribution in [0.15, 0.2) is 83.3 Å². The minimum Gasteiger partial charge on any atom is -0.497 e. The van der Waals surface area contributed by atoms with E-state index in [1.807, 2.05) is 60.7 Å². The molecule has 3 rings (SSSR count). The van der Waals surface area contributed by atoms with Gasteiger partial charge in [-0.15, -0.1) is 12.6 Å². The van der Waals surface area contributed by atoms with Gasteiger partial charge in [0.05, 0.1) is 17.7 Å². The number of nitrogens with two attached hydrogens (primary N) is 1. The van der Waals surface area contributed by atoms with Crippen molar-refractivity contribution in [2.75, 3.05) is 12.4 Å². The van der Waals surface area contributed by atoms with Crippen molar-refractivity contribution in [3.63, 3.8) is 0 Å². The monoisotopic (exact) mass is 406 g/mol. The molecule has 1 aliphatic rings. The molecule has 29 heavy (non-hydrogen) atoms. The van der Waals surface area contributed by atoms with Gasteiger partial charge in [-0.3, -0.25) is 4.79 Å². The molecule has 150 valence electrons. The van der Waals surface area contributed by atoms with Crippen LogP contribution in [0.2, 0.25) is 0 Å². The largest absolute Gasteiger partial charge is 0.497 e. The van der Waals surface area contributed by atoms with Gasteiger partial charge in [-0.25, -0.2) is 0 Å².